The highest BCUT2D eigenvalue weighted by Crippen LogP contribution is 2.23. The predicted molar refractivity (Wildman–Crippen MR) is 53.7 cm³/mol. The van der Waals surface area contributed by atoms with Crippen molar-refractivity contribution in [3.63, 3.8) is 0 Å². The third-order valence-electron chi connectivity index (χ3n) is 3.11. The van der Waals surface area contributed by atoms with Gasteiger partial charge >= 0.3 is 12.3 Å². The van der Waals surface area contributed by atoms with Crippen molar-refractivity contribution in [2.75, 3.05) is 26.2 Å². The van der Waals surface area contributed by atoms with Crippen LogP contribution in [-0.2, 0) is 9.53 Å². The van der Waals surface area contributed by atoms with E-state index in [1.54, 1.807) is 4.90 Å². The predicted octanol–water partition coefficient (Wildman–Crippen LogP) is 0.992. The molecule has 2 heterocycles. The number of rotatable bonds is 1. The second-order valence-corrected chi connectivity index (χ2v) is 4.40. The van der Waals surface area contributed by atoms with Gasteiger partial charge in [-0.05, 0) is 6.42 Å². The van der Waals surface area contributed by atoms with Gasteiger partial charge in [-0.15, -0.1) is 0 Å². The summed E-state index contributed by atoms with van der Waals surface area (Å²) in [4.78, 5) is 25.7. The van der Waals surface area contributed by atoms with E-state index >= 15 is 0 Å². The van der Waals surface area contributed by atoms with E-state index in [9.17, 15) is 22.8 Å². The highest BCUT2D eigenvalue weighted by Gasteiger charge is 2.38. The first kappa shape index (κ1) is 13.0. The van der Waals surface area contributed by atoms with Crippen molar-refractivity contribution < 1.29 is 27.5 Å². The molecule has 2 fully saturated rings. The average molecular weight is 266 g/mol. The lowest BCUT2D eigenvalue weighted by atomic mass is 10.2. The number of halogens is 3. The molecule has 0 radical (unpaired) electrons. The zero-order chi connectivity index (χ0) is 13.3. The van der Waals surface area contributed by atoms with Crippen LogP contribution in [-0.4, -0.2) is 60.3 Å². The second-order valence-electron chi connectivity index (χ2n) is 4.40. The van der Waals surface area contributed by atoms with Crippen molar-refractivity contribution in [1.29, 1.82) is 0 Å². The Hall–Kier alpha value is -1.47. The first-order valence-electron chi connectivity index (χ1n) is 5.65. The van der Waals surface area contributed by atoms with Crippen LogP contribution in [0.1, 0.15) is 12.8 Å². The number of hydrogen-bond donors (Lipinski definition) is 0. The molecule has 2 aliphatic heterocycles. The smallest absolute Gasteiger partial charge is 0.422 e. The largest absolute Gasteiger partial charge is 0.440 e. The summed E-state index contributed by atoms with van der Waals surface area (Å²) in [5.41, 5.74) is 0. The first-order valence-corrected chi connectivity index (χ1v) is 5.65. The summed E-state index contributed by atoms with van der Waals surface area (Å²) in [6.45, 7) is -0.735. The molecule has 0 aromatic carbocycles. The molecule has 0 N–H and O–H groups in total. The van der Waals surface area contributed by atoms with E-state index in [1.807, 2.05) is 0 Å². The highest BCUT2D eigenvalue weighted by molar-refractivity contribution is 5.79. The number of nitrogens with zero attached hydrogens (tertiary/aromatic N) is 2. The molecule has 0 aromatic rings. The second kappa shape index (κ2) is 4.66. The molecule has 0 aromatic heterocycles. The molecule has 5 nitrogen and oxygen atoms in total. The van der Waals surface area contributed by atoms with Crippen molar-refractivity contribution in [2.24, 2.45) is 0 Å². The Morgan fingerprint density at radius 2 is 2.11 bits per heavy atom. The summed E-state index contributed by atoms with van der Waals surface area (Å²) in [5, 5.41) is 0. The summed E-state index contributed by atoms with van der Waals surface area (Å²) in [7, 11) is 0. The lowest BCUT2D eigenvalue weighted by molar-refractivity contribution is -0.163. The zero-order valence-corrected chi connectivity index (χ0v) is 9.57. The molecule has 2 aliphatic rings. The van der Waals surface area contributed by atoms with Crippen LogP contribution in [0.5, 0.6) is 0 Å². The third-order valence-corrected chi connectivity index (χ3v) is 3.11. The number of carbonyl (C=O) groups is 2. The standard InChI is InChI=1S/C10H13F3N2O3/c11-10(12,13)6-18-9(17)14-3-4-15-7(5-14)1-2-8(15)16/h7H,1-6H2. The third kappa shape index (κ3) is 2.85. The number of amides is 2. The Morgan fingerprint density at radius 3 is 2.78 bits per heavy atom. The van der Waals surface area contributed by atoms with Gasteiger partial charge in [0.05, 0.1) is 0 Å². The molecule has 0 bridgehead atoms. The highest BCUT2D eigenvalue weighted by atomic mass is 19.4. The van der Waals surface area contributed by atoms with Crippen LogP contribution >= 0.6 is 0 Å². The van der Waals surface area contributed by atoms with Gasteiger partial charge in [0.25, 0.3) is 0 Å². The van der Waals surface area contributed by atoms with Crippen LogP contribution in [0, 0.1) is 0 Å². The lowest BCUT2D eigenvalue weighted by Crippen LogP contribution is -2.53. The van der Waals surface area contributed by atoms with Gasteiger partial charge in [-0.1, -0.05) is 0 Å². The van der Waals surface area contributed by atoms with Gasteiger partial charge in [-0.2, -0.15) is 13.2 Å². The van der Waals surface area contributed by atoms with Crippen molar-refractivity contribution in [1.82, 2.24) is 9.80 Å². The molecule has 1 unspecified atom stereocenters. The molecule has 2 amide bonds. The fourth-order valence-electron chi connectivity index (χ4n) is 2.27. The van der Waals surface area contributed by atoms with Gasteiger partial charge in [0.2, 0.25) is 5.91 Å². The molecule has 0 saturated carbocycles. The molecule has 2 saturated heterocycles. The maximum Gasteiger partial charge on any atom is 0.422 e. The van der Waals surface area contributed by atoms with E-state index in [0.29, 0.717) is 19.4 Å². The number of hydrogen-bond acceptors (Lipinski definition) is 3. The van der Waals surface area contributed by atoms with Crippen LogP contribution < -0.4 is 0 Å². The molecule has 8 heteroatoms. The van der Waals surface area contributed by atoms with Gasteiger partial charge in [0.1, 0.15) is 0 Å². The number of fused-ring (bicyclic) bond motifs is 1. The SMILES string of the molecule is O=C(OCC(F)(F)F)N1CCN2C(=O)CCC2C1. The Kier molecular flexibility index (Phi) is 3.36. The summed E-state index contributed by atoms with van der Waals surface area (Å²) in [6.07, 6.45) is -4.40. The van der Waals surface area contributed by atoms with Crippen LogP contribution in [0.2, 0.25) is 0 Å². The van der Waals surface area contributed by atoms with Crippen LogP contribution in [0.4, 0.5) is 18.0 Å². The van der Waals surface area contributed by atoms with Gasteiger partial charge in [0.15, 0.2) is 6.61 Å². The van der Waals surface area contributed by atoms with Crippen molar-refractivity contribution in [3.05, 3.63) is 0 Å². The molecule has 2 rings (SSSR count). The van der Waals surface area contributed by atoms with Gasteiger partial charge in [0, 0.05) is 32.1 Å². The van der Waals surface area contributed by atoms with E-state index in [-0.39, 0.29) is 25.0 Å². The number of piperazine rings is 1. The van der Waals surface area contributed by atoms with Gasteiger partial charge in [-0.3, -0.25) is 4.79 Å². The number of carbonyl (C=O) groups excluding carboxylic acids is 2. The van der Waals surface area contributed by atoms with Crippen molar-refractivity contribution in [3.8, 4) is 0 Å². The molecule has 0 spiro atoms. The van der Waals surface area contributed by atoms with Crippen molar-refractivity contribution in [2.45, 2.75) is 25.1 Å². The Morgan fingerprint density at radius 1 is 1.39 bits per heavy atom. The van der Waals surface area contributed by atoms with E-state index in [2.05, 4.69) is 4.74 Å². The topological polar surface area (TPSA) is 49.9 Å². The maximum atomic E-state index is 11.9. The summed E-state index contributed by atoms with van der Waals surface area (Å²) >= 11 is 0. The summed E-state index contributed by atoms with van der Waals surface area (Å²) < 4.78 is 39.9. The van der Waals surface area contributed by atoms with E-state index in [0.717, 1.165) is 0 Å². The normalized spacial score (nSPS) is 24.2. The minimum Gasteiger partial charge on any atom is -0.440 e. The van der Waals surface area contributed by atoms with Crippen molar-refractivity contribution >= 4 is 12.0 Å². The van der Waals surface area contributed by atoms with Crippen LogP contribution in [0.15, 0.2) is 0 Å². The molecular weight excluding hydrogens is 253 g/mol. The van der Waals surface area contributed by atoms with Crippen LogP contribution in [0.25, 0.3) is 0 Å². The fraction of sp³-hybridized carbons (Fsp3) is 0.800. The van der Waals surface area contributed by atoms with Crippen LogP contribution in [0.3, 0.4) is 0 Å². The lowest BCUT2D eigenvalue weighted by Gasteiger charge is -2.36. The van der Waals surface area contributed by atoms with E-state index < -0.39 is 18.9 Å². The molecule has 0 aliphatic carbocycles. The summed E-state index contributed by atoms with van der Waals surface area (Å²) in [5.74, 6) is 0.0447. The molecular formula is C10H13F3N2O3. The fourth-order valence-corrected chi connectivity index (χ4v) is 2.27. The quantitative estimate of drug-likeness (QED) is 0.711. The Labute approximate surface area is 101 Å². The van der Waals surface area contributed by atoms with Gasteiger partial charge < -0.3 is 14.5 Å². The summed E-state index contributed by atoms with van der Waals surface area (Å²) in [6, 6.07) is -0.0790. The monoisotopic (exact) mass is 266 g/mol. The number of alkyl halides is 3. The maximum absolute atomic E-state index is 11.9. The number of ether oxygens (including phenoxy) is 1. The molecule has 102 valence electrons. The van der Waals surface area contributed by atoms with E-state index in [4.69, 9.17) is 0 Å². The Balaban J connectivity index is 1.84. The van der Waals surface area contributed by atoms with E-state index in [1.165, 1.54) is 4.90 Å². The first-order chi connectivity index (χ1) is 8.37. The minimum absolute atomic E-state index is 0.0447. The molecule has 1 atom stereocenters. The van der Waals surface area contributed by atoms with Gasteiger partial charge in [-0.25, -0.2) is 4.79 Å². The average Bonchev–Trinajstić information content (AvgIpc) is 2.66. The zero-order valence-electron chi connectivity index (χ0n) is 9.57. The Bertz CT molecular complexity index is 359. The minimum atomic E-state index is -4.51. The molecule has 18 heavy (non-hydrogen) atoms.